The fraction of sp³-hybridized carbons (Fsp3) is 0.240. The number of piperazine rings is 1. The molecule has 1 amide bonds. The van der Waals surface area contributed by atoms with E-state index >= 15 is 0 Å². The maximum absolute atomic E-state index is 12.9. The van der Waals surface area contributed by atoms with E-state index < -0.39 is 0 Å². The zero-order chi connectivity index (χ0) is 21.9. The van der Waals surface area contributed by atoms with Gasteiger partial charge in [-0.1, -0.05) is 17.7 Å². The molecule has 0 bridgehead atoms. The number of aromatic nitrogens is 2. The lowest BCUT2D eigenvalue weighted by molar-refractivity contribution is 0.0628. The van der Waals surface area contributed by atoms with Crippen LogP contribution in [-0.4, -0.2) is 52.1 Å². The van der Waals surface area contributed by atoms with E-state index in [1.807, 2.05) is 60.4 Å². The molecule has 2 aromatic heterocycles. The molecule has 0 radical (unpaired) electrons. The third-order valence-electron chi connectivity index (χ3n) is 5.75. The molecule has 0 spiro atoms. The predicted molar refractivity (Wildman–Crippen MR) is 125 cm³/mol. The number of carbonyl (C=O) groups is 1. The number of nitrogens with zero attached hydrogens (tertiary/aromatic N) is 4. The second-order valence-corrected chi connectivity index (χ2v) is 8.84. The smallest absolute Gasteiger partial charge is 0.253 e. The van der Waals surface area contributed by atoms with Crippen molar-refractivity contribution in [1.82, 2.24) is 20.0 Å². The third-order valence-corrected chi connectivity index (χ3v) is 6.48. The van der Waals surface area contributed by atoms with Gasteiger partial charge in [-0.25, -0.2) is 0 Å². The number of amides is 1. The Morgan fingerprint density at radius 3 is 2.12 bits per heavy atom. The average molecular weight is 445 g/mol. The Labute approximate surface area is 191 Å². The monoisotopic (exact) mass is 444 g/mol. The quantitative estimate of drug-likeness (QED) is 0.445. The molecule has 7 heteroatoms. The van der Waals surface area contributed by atoms with Crippen LogP contribution in [0.15, 0.2) is 69.8 Å². The Kier molecular flexibility index (Phi) is 5.83. The highest BCUT2D eigenvalue weighted by molar-refractivity contribution is 7.07. The highest BCUT2D eigenvalue weighted by Crippen LogP contribution is 2.25. The largest absolute Gasteiger partial charge is 0.416 e. The van der Waals surface area contributed by atoms with Crippen molar-refractivity contribution < 1.29 is 9.21 Å². The van der Waals surface area contributed by atoms with Crippen molar-refractivity contribution in [3.8, 4) is 22.9 Å². The van der Waals surface area contributed by atoms with Gasteiger partial charge >= 0.3 is 0 Å². The van der Waals surface area contributed by atoms with Crippen molar-refractivity contribution in [1.29, 1.82) is 0 Å². The van der Waals surface area contributed by atoms with Gasteiger partial charge in [-0.15, -0.1) is 10.2 Å². The van der Waals surface area contributed by atoms with Gasteiger partial charge in [0.25, 0.3) is 5.91 Å². The Bertz CT molecular complexity index is 1180. The number of aryl methyl sites for hydroxylation is 1. The number of benzene rings is 2. The lowest BCUT2D eigenvalue weighted by Crippen LogP contribution is -2.48. The Morgan fingerprint density at radius 2 is 1.53 bits per heavy atom. The summed E-state index contributed by atoms with van der Waals surface area (Å²) >= 11 is 1.72. The van der Waals surface area contributed by atoms with Crippen LogP contribution in [0.5, 0.6) is 0 Å². The zero-order valence-electron chi connectivity index (χ0n) is 17.9. The van der Waals surface area contributed by atoms with Crippen LogP contribution >= 0.6 is 11.3 Å². The van der Waals surface area contributed by atoms with E-state index in [-0.39, 0.29) is 5.91 Å². The third kappa shape index (κ3) is 4.49. The molecule has 0 saturated carbocycles. The molecular weight excluding hydrogens is 420 g/mol. The fourth-order valence-electron chi connectivity index (χ4n) is 3.84. The van der Waals surface area contributed by atoms with Crippen LogP contribution in [0.25, 0.3) is 22.9 Å². The molecule has 1 saturated heterocycles. The van der Waals surface area contributed by atoms with Crippen LogP contribution in [0.3, 0.4) is 0 Å². The first-order chi connectivity index (χ1) is 15.7. The molecule has 6 nitrogen and oxygen atoms in total. The van der Waals surface area contributed by atoms with Crippen molar-refractivity contribution in [3.63, 3.8) is 0 Å². The molecule has 4 aromatic rings. The first kappa shape index (κ1) is 20.6. The van der Waals surface area contributed by atoms with Crippen LogP contribution in [-0.2, 0) is 6.54 Å². The van der Waals surface area contributed by atoms with Gasteiger partial charge in [0.2, 0.25) is 11.8 Å². The van der Waals surface area contributed by atoms with Crippen LogP contribution in [0.2, 0.25) is 0 Å². The molecule has 32 heavy (non-hydrogen) atoms. The standard InChI is InChI=1S/C25H24N4O2S/c1-18-2-4-20(5-3-18)23-26-27-24(31-23)21-6-8-22(9-7-21)25(30)29-13-11-28(12-14-29)16-19-10-15-32-17-19/h2-10,15,17H,11-14,16H2,1H3. The van der Waals surface area contributed by atoms with Crippen molar-refractivity contribution in [3.05, 3.63) is 82.0 Å². The first-order valence-corrected chi connectivity index (χ1v) is 11.6. The second kappa shape index (κ2) is 9.06. The molecule has 0 unspecified atom stereocenters. The summed E-state index contributed by atoms with van der Waals surface area (Å²) in [6, 6.07) is 17.5. The van der Waals surface area contributed by atoms with Gasteiger partial charge in [0.15, 0.2) is 0 Å². The lowest BCUT2D eigenvalue weighted by Gasteiger charge is -2.34. The normalized spacial score (nSPS) is 14.6. The minimum Gasteiger partial charge on any atom is -0.416 e. The van der Waals surface area contributed by atoms with Crippen LogP contribution in [0.1, 0.15) is 21.5 Å². The van der Waals surface area contributed by atoms with E-state index in [0.29, 0.717) is 17.3 Å². The summed E-state index contributed by atoms with van der Waals surface area (Å²) < 4.78 is 5.84. The number of hydrogen-bond donors (Lipinski definition) is 0. The van der Waals surface area contributed by atoms with Gasteiger partial charge < -0.3 is 9.32 Å². The van der Waals surface area contributed by atoms with Crippen molar-refractivity contribution in [2.75, 3.05) is 26.2 Å². The molecule has 1 fully saturated rings. The fourth-order valence-corrected chi connectivity index (χ4v) is 4.50. The van der Waals surface area contributed by atoms with Crippen LogP contribution in [0.4, 0.5) is 0 Å². The van der Waals surface area contributed by atoms with Gasteiger partial charge in [-0.05, 0) is 65.7 Å². The summed E-state index contributed by atoms with van der Waals surface area (Å²) in [5, 5.41) is 12.6. The van der Waals surface area contributed by atoms with E-state index in [0.717, 1.165) is 43.9 Å². The minimum atomic E-state index is 0.0672. The molecule has 1 aliphatic rings. The van der Waals surface area contributed by atoms with Crippen LogP contribution in [0, 0.1) is 6.92 Å². The van der Waals surface area contributed by atoms with E-state index in [9.17, 15) is 4.79 Å². The van der Waals surface area contributed by atoms with Gasteiger partial charge in [0.05, 0.1) is 0 Å². The van der Waals surface area contributed by atoms with Crippen molar-refractivity contribution in [2.45, 2.75) is 13.5 Å². The average Bonchev–Trinajstić information content (AvgIpc) is 3.52. The van der Waals surface area contributed by atoms with Gasteiger partial charge in [0, 0.05) is 49.4 Å². The molecule has 3 heterocycles. The van der Waals surface area contributed by atoms with E-state index in [1.165, 1.54) is 11.1 Å². The van der Waals surface area contributed by atoms with Gasteiger partial charge in [-0.2, -0.15) is 11.3 Å². The summed E-state index contributed by atoms with van der Waals surface area (Å²) in [5.74, 6) is 1.000. The van der Waals surface area contributed by atoms with E-state index in [1.54, 1.807) is 11.3 Å². The van der Waals surface area contributed by atoms with Crippen LogP contribution < -0.4 is 0 Å². The Balaban J connectivity index is 1.21. The number of carbonyl (C=O) groups excluding carboxylic acids is 1. The molecule has 2 aromatic carbocycles. The summed E-state index contributed by atoms with van der Waals surface area (Å²) in [5.41, 5.74) is 4.89. The van der Waals surface area contributed by atoms with E-state index in [4.69, 9.17) is 4.42 Å². The lowest BCUT2D eigenvalue weighted by atomic mass is 10.1. The van der Waals surface area contributed by atoms with Gasteiger partial charge in [-0.3, -0.25) is 9.69 Å². The molecule has 162 valence electrons. The maximum atomic E-state index is 12.9. The Hall–Kier alpha value is -3.29. The van der Waals surface area contributed by atoms with E-state index in [2.05, 4.69) is 31.9 Å². The molecule has 5 rings (SSSR count). The maximum Gasteiger partial charge on any atom is 0.253 e. The van der Waals surface area contributed by atoms with Gasteiger partial charge in [0.1, 0.15) is 0 Å². The first-order valence-electron chi connectivity index (χ1n) is 10.7. The highest BCUT2D eigenvalue weighted by atomic mass is 32.1. The summed E-state index contributed by atoms with van der Waals surface area (Å²) in [6.45, 7) is 6.27. The molecule has 0 N–H and O–H groups in total. The zero-order valence-corrected chi connectivity index (χ0v) is 18.7. The minimum absolute atomic E-state index is 0.0672. The number of thiophene rings is 1. The summed E-state index contributed by atoms with van der Waals surface area (Å²) in [4.78, 5) is 17.3. The number of hydrogen-bond acceptors (Lipinski definition) is 6. The molecule has 0 aliphatic carbocycles. The molecule has 0 atom stereocenters. The molecule has 1 aliphatic heterocycles. The highest BCUT2D eigenvalue weighted by Gasteiger charge is 2.22. The van der Waals surface area contributed by atoms with Crippen molar-refractivity contribution in [2.24, 2.45) is 0 Å². The van der Waals surface area contributed by atoms with Crippen molar-refractivity contribution >= 4 is 17.2 Å². The summed E-state index contributed by atoms with van der Waals surface area (Å²) in [7, 11) is 0. The SMILES string of the molecule is Cc1ccc(-c2nnc(-c3ccc(C(=O)N4CCN(Cc5ccsc5)CC4)cc3)o2)cc1. The molecular formula is C25H24N4O2S. The Morgan fingerprint density at radius 1 is 0.906 bits per heavy atom. The predicted octanol–water partition coefficient (Wildman–Crippen LogP) is 4.73. The number of rotatable bonds is 5. The topological polar surface area (TPSA) is 62.5 Å². The second-order valence-electron chi connectivity index (χ2n) is 8.06. The summed E-state index contributed by atoms with van der Waals surface area (Å²) in [6.07, 6.45) is 0.